The van der Waals surface area contributed by atoms with Gasteiger partial charge >= 0.3 is 5.69 Å². The molecule has 0 radical (unpaired) electrons. The van der Waals surface area contributed by atoms with Crippen LogP contribution in [0, 0.1) is 0 Å². The van der Waals surface area contributed by atoms with Crippen molar-refractivity contribution in [3.63, 3.8) is 0 Å². The van der Waals surface area contributed by atoms with E-state index in [1.165, 1.54) is 16.8 Å². The molecule has 0 bridgehead atoms. The number of carbonyl (C=O) groups excluding carboxylic acids is 1. The summed E-state index contributed by atoms with van der Waals surface area (Å²) >= 11 is 0. The van der Waals surface area contributed by atoms with Gasteiger partial charge < -0.3 is 19.9 Å². The van der Waals surface area contributed by atoms with Gasteiger partial charge in [0.1, 0.15) is 5.82 Å². The molecule has 0 spiro atoms. The largest absolute Gasteiger partial charge is 0.391 e. The van der Waals surface area contributed by atoms with Gasteiger partial charge in [-0.05, 0) is 12.5 Å². The number of hydrogen-bond acceptors (Lipinski definition) is 6. The molecule has 8 nitrogen and oxygen atoms in total. The highest BCUT2D eigenvalue weighted by atomic mass is 16.7. The Morgan fingerprint density at radius 3 is 3.05 bits per heavy atom. The van der Waals surface area contributed by atoms with E-state index in [1.807, 2.05) is 0 Å². The number of aromatic nitrogens is 2. The van der Waals surface area contributed by atoms with E-state index in [0.29, 0.717) is 6.42 Å². The Morgan fingerprint density at radius 1 is 1.59 bits per heavy atom. The van der Waals surface area contributed by atoms with E-state index in [1.54, 1.807) is 0 Å². The summed E-state index contributed by atoms with van der Waals surface area (Å²) in [4.78, 5) is 27.5. The lowest BCUT2D eigenvalue weighted by molar-refractivity contribution is -0.116. The molecule has 1 aromatic rings. The van der Waals surface area contributed by atoms with Crippen molar-refractivity contribution in [3.05, 3.63) is 22.7 Å². The number of carbonyl (C=O) groups is 1. The first kappa shape index (κ1) is 16.6. The topological polar surface area (TPSA) is 103 Å². The minimum absolute atomic E-state index is 0. The molecular weight excluding hydrogens is 290 g/mol. The molecule has 1 fully saturated rings. The first-order valence-electron chi connectivity index (χ1n) is 7.41. The Hall–Kier alpha value is -1.77. The number of amides is 1. The maximum Gasteiger partial charge on any atom is 0.351 e. The molecule has 1 aliphatic heterocycles. The minimum Gasteiger partial charge on any atom is -0.391 e. The number of ether oxygens (including phenoxy) is 2. The maximum atomic E-state index is 12.0. The zero-order valence-electron chi connectivity index (χ0n) is 12.5. The summed E-state index contributed by atoms with van der Waals surface area (Å²) in [5.74, 6) is 0.0688. The van der Waals surface area contributed by atoms with Crippen LogP contribution in [0.4, 0.5) is 5.82 Å². The van der Waals surface area contributed by atoms with Gasteiger partial charge in [0.2, 0.25) is 5.91 Å². The molecule has 1 amide bonds. The first-order valence-corrected chi connectivity index (χ1v) is 7.41. The van der Waals surface area contributed by atoms with Crippen LogP contribution in [-0.2, 0) is 14.3 Å². The number of nitrogens with one attached hydrogen (secondary N) is 1. The van der Waals surface area contributed by atoms with Gasteiger partial charge in [-0.15, -0.1) is 0 Å². The number of rotatable bonds is 7. The minimum atomic E-state index is -0.727. The van der Waals surface area contributed by atoms with E-state index in [2.05, 4.69) is 17.2 Å². The highest BCUT2D eigenvalue weighted by Crippen LogP contribution is 2.19. The third-order valence-electron chi connectivity index (χ3n) is 3.30. The average Bonchev–Trinajstić information content (AvgIpc) is 2.96. The number of nitrogens with zero attached hydrogens (tertiary/aromatic N) is 2. The summed E-state index contributed by atoms with van der Waals surface area (Å²) in [6, 6.07) is 1.54. The third kappa shape index (κ3) is 4.36. The molecular formula is C14H23N3O5. The Balaban J connectivity index is 0.00000264. The molecule has 22 heavy (non-hydrogen) atoms. The predicted octanol–water partition coefficient (Wildman–Crippen LogP) is 0.872. The Bertz CT molecular complexity index is 566. The normalized spacial score (nSPS) is 21.0. The summed E-state index contributed by atoms with van der Waals surface area (Å²) in [6.45, 7) is 1.95. The summed E-state index contributed by atoms with van der Waals surface area (Å²) < 4.78 is 11.7. The fraction of sp³-hybridized carbons (Fsp3) is 0.643. The molecule has 0 aromatic carbocycles. The van der Waals surface area contributed by atoms with Gasteiger partial charge in [0, 0.05) is 14.0 Å². The van der Waals surface area contributed by atoms with Crippen molar-refractivity contribution in [2.24, 2.45) is 0 Å². The molecule has 0 aliphatic carbocycles. The van der Waals surface area contributed by atoms with E-state index >= 15 is 0 Å². The van der Waals surface area contributed by atoms with Crippen LogP contribution in [0.2, 0.25) is 0 Å². The number of aliphatic hydroxyl groups is 1. The van der Waals surface area contributed by atoms with E-state index < -0.39 is 18.2 Å². The van der Waals surface area contributed by atoms with Crippen LogP contribution in [0.1, 0.15) is 40.3 Å². The lowest BCUT2D eigenvalue weighted by Crippen LogP contribution is -2.29. The smallest absolute Gasteiger partial charge is 0.351 e. The van der Waals surface area contributed by atoms with E-state index in [9.17, 15) is 9.59 Å². The molecule has 1 aliphatic rings. The SMILES string of the molecule is CCCCCC(=O)Nc1ccn([C@@H]2CO[C@H](CO)O2)c(=O)n1.[HH]. The Kier molecular flexibility index (Phi) is 6.05. The fourth-order valence-corrected chi connectivity index (χ4v) is 2.13. The van der Waals surface area contributed by atoms with Gasteiger partial charge in [-0.1, -0.05) is 19.8 Å². The van der Waals surface area contributed by atoms with Crippen LogP contribution >= 0.6 is 0 Å². The maximum absolute atomic E-state index is 12.0. The second-order valence-electron chi connectivity index (χ2n) is 5.04. The third-order valence-corrected chi connectivity index (χ3v) is 3.30. The number of aliphatic hydroxyl groups excluding tert-OH is 1. The highest BCUT2D eigenvalue weighted by Gasteiger charge is 2.27. The van der Waals surface area contributed by atoms with E-state index in [0.717, 1.165) is 19.3 Å². The van der Waals surface area contributed by atoms with Crippen LogP contribution in [0.25, 0.3) is 0 Å². The van der Waals surface area contributed by atoms with Crippen molar-refractivity contribution >= 4 is 11.7 Å². The number of anilines is 1. The van der Waals surface area contributed by atoms with Crippen molar-refractivity contribution in [1.82, 2.24) is 9.55 Å². The molecule has 2 rings (SSSR count). The monoisotopic (exact) mass is 313 g/mol. The van der Waals surface area contributed by atoms with Crippen molar-refractivity contribution in [2.45, 2.75) is 45.1 Å². The summed E-state index contributed by atoms with van der Waals surface area (Å²) in [5, 5.41) is 11.5. The molecule has 124 valence electrons. The zero-order valence-corrected chi connectivity index (χ0v) is 12.5. The van der Waals surface area contributed by atoms with Crippen molar-refractivity contribution in [2.75, 3.05) is 18.5 Å². The molecule has 2 N–H and O–H groups in total. The van der Waals surface area contributed by atoms with Crippen LogP contribution in [-0.4, -0.2) is 40.1 Å². The van der Waals surface area contributed by atoms with Gasteiger partial charge in [-0.3, -0.25) is 9.36 Å². The van der Waals surface area contributed by atoms with Crippen molar-refractivity contribution < 1.29 is 20.8 Å². The second kappa shape index (κ2) is 8.02. The average molecular weight is 313 g/mol. The second-order valence-corrected chi connectivity index (χ2v) is 5.04. The summed E-state index contributed by atoms with van der Waals surface area (Å²) in [7, 11) is 0. The standard InChI is InChI=1S/C14H21N3O5.H2/c1-2-3-4-5-11(19)15-10-6-7-17(14(20)16-10)12-9-21-13(8-18)22-12;/h6-7,12-13,18H,2-5,8-9H2,1H3,(H,15,16,19,20);1H/t12-,13-;/m0./s1. The number of unbranched alkanes of at least 4 members (excludes halogenated alkanes) is 2. The summed E-state index contributed by atoms with van der Waals surface area (Å²) in [6.07, 6.45) is 3.41. The summed E-state index contributed by atoms with van der Waals surface area (Å²) in [5.41, 5.74) is -0.543. The zero-order chi connectivity index (χ0) is 15.9. The number of hydrogen-bond donors (Lipinski definition) is 2. The Morgan fingerprint density at radius 2 is 2.41 bits per heavy atom. The molecule has 1 saturated heterocycles. The van der Waals surface area contributed by atoms with E-state index in [-0.39, 0.29) is 26.4 Å². The van der Waals surface area contributed by atoms with E-state index in [4.69, 9.17) is 14.6 Å². The quantitative estimate of drug-likeness (QED) is 0.724. The van der Waals surface area contributed by atoms with Gasteiger partial charge in [-0.25, -0.2) is 4.79 Å². The van der Waals surface area contributed by atoms with Crippen molar-refractivity contribution in [1.29, 1.82) is 0 Å². The van der Waals surface area contributed by atoms with Gasteiger partial charge in [0.25, 0.3) is 0 Å². The van der Waals surface area contributed by atoms with Gasteiger partial charge in [0.05, 0.1) is 13.2 Å². The molecule has 2 atom stereocenters. The highest BCUT2D eigenvalue weighted by molar-refractivity contribution is 5.89. The molecule has 0 saturated carbocycles. The lowest BCUT2D eigenvalue weighted by atomic mass is 10.2. The van der Waals surface area contributed by atoms with Gasteiger partial charge in [0.15, 0.2) is 12.5 Å². The molecule has 1 aromatic heterocycles. The fourth-order valence-electron chi connectivity index (χ4n) is 2.13. The first-order chi connectivity index (χ1) is 10.6. The van der Waals surface area contributed by atoms with Crippen LogP contribution in [0.3, 0.4) is 0 Å². The lowest BCUT2D eigenvalue weighted by Gasteiger charge is -2.12. The van der Waals surface area contributed by atoms with Crippen molar-refractivity contribution in [3.8, 4) is 0 Å². The van der Waals surface area contributed by atoms with Gasteiger partial charge in [-0.2, -0.15) is 4.98 Å². The van der Waals surface area contributed by atoms with Crippen LogP contribution in [0.5, 0.6) is 0 Å². The molecule has 8 heteroatoms. The predicted molar refractivity (Wildman–Crippen MR) is 80.3 cm³/mol. The Labute approximate surface area is 129 Å². The van der Waals surface area contributed by atoms with Crippen LogP contribution in [0.15, 0.2) is 17.1 Å². The molecule has 0 unspecified atom stereocenters. The van der Waals surface area contributed by atoms with Crippen LogP contribution < -0.4 is 11.0 Å². The molecule has 2 heterocycles.